The van der Waals surface area contributed by atoms with Crippen molar-refractivity contribution in [2.45, 2.75) is 47.2 Å². The van der Waals surface area contributed by atoms with Crippen molar-refractivity contribution in [3.8, 4) is 5.75 Å². The fourth-order valence-electron chi connectivity index (χ4n) is 3.69. The quantitative estimate of drug-likeness (QED) is 0.580. The fraction of sp³-hybridized carbons (Fsp3) is 0.455. The number of aromatic nitrogens is 1. The van der Waals surface area contributed by atoms with Crippen LogP contribution in [0.4, 0.5) is 0 Å². The van der Waals surface area contributed by atoms with Gasteiger partial charge in [-0.25, -0.2) is 4.79 Å². The van der Waals surface area contributed by atoms with E-state index in [4.69, 9.17) is 9.47 Å². The number of methoxy groups -OCH3 is 2. The Labute approximate surface area is 166 Å². The number of esters is 1. The van der Waals surface area contributed by atoms with E-state index in [1.165, 1.54) is 7.11 Å². The van der Waals surface area contributed by atoms with Gasteiger partial charge in [0.15, 0.2) is 5.78 Å². The van der Waals surface area contributed by atoms with E-state index in [-0.39, 0.29) is 11.8 Å². The number of nitrogens with one attached hydrogen (secondary N) is 1. The molecule has 152 valence electrons. The van der Waals surface area contributed by atoms with Gasteiger partial charge >= 0.3 is 5.97 Å². The first kappa shape index (κ1) is 21.7. The summed E-state index contributed by atoms with van der Waals surface area (Å²) in [6.45, 7) is 10.1. The molecule has 0 aliphatic carbocycles. The van der Waals surface area contributed by atoms with Gasteiger partial charge in [-0.2, -0.15) is 0 Å². The Hall–Kier alpha value is -2.60. The van der Waals surface area contributed by atoms with E-state index < -0.39 is 5.97 Å². The van der Waals surface area contributed by atoms with E-state index in [9.17, 15) is 9.59 Å². The van der Waals surface area contributed by atoms with Crippen molar-refractivity contribution < 1.29 is 19.1 Å². The van der Waals surface area contributed by atoms with Crippen molar-refractivity contribution in [2.24, 2.45) is 0 Å². The number of likely N-dealkylation sites (N-methyl/N-ethyl adjacent to an activating group) is 1. The Balaban J connectivity index is 2.23. The minimum absolute atomic E-state index is 0.0554. The molecule has 0 aliphatic rings. The molecule has 6 heteroatoms. The number of carbonyl (C=O) groups is 2. The van der Waals surface area contributed by atoms with E-state index in [1.807, 2.05) is 32.7 Å². The number of H-pyrrole nitrogens is 1. The molecular formula is C22H30N2O4. The molecular weight excluding hydrogens is 356 g/mol. The van der Waals surface area contributed by atoms with Crippen molar-refractivity contribution >= 4 is 11.8 Å². The van der Waals surface area contributed by atoms with E-state index >= 15 is 0 Å². The van der Waals surface area contributed by atoms with Crippen LogP contribution >= 0.6 is 0 Å². The van der Waals surface area contributed by atoms with Crippen LogP contribution in [0, 0.1) is 27.7 Å². The molecule has 1 atom stereocenters. The molecule has 0 amide bonds. The third-order valence-electron chi connectivity index (χ3n) is 5.27. The summed E-state index contributed by atoms with van der Waals surface area (Å²) in [5.41, 5.74) is 5.43. The van der Waals surface area contributed by atoms with Gasteiger partial charge in [-0.05, 0) is 63.9 Å². The maximum absolute atomic E-state index is 13.1. The van der Waals surface area contributed by atoms with Crippen LogP contribution in [-0.4, -0.2) is 48.9 Å². The number of hydrogen-bond donors (Lipinski definition) is 1. The second-order valence-electron chi connectivity index (χ2n) is 7.33. The lowest BCUT2D eigenvalue weighted by Crippen LogP contribution is -2.36. The van der Waals surface area contributed by atoms with E-state index in [0.29, 0.717) is 29.1 Å². The fourth-order valence-corrected chi connectivity index (χ4v) is 3.69. The van der Waals surface area contributed by atoms with Crippen LogP contribution in [0.15, 0.2) is 12.1 Å². The zero-order valence-corrected chi connectivity index (χ0v) is 18.0. The number of ketones is 1. The number of carbonyl (C=O) groups excluding carboxylic acids is 2. The van der Waals surface area contributed by atoms with Gasteiger partial charge in [0.05, 0.1) is 31.5 Å². The summed E-state index contributed by atoms with van der Waals surface area (Å²) >= 11 is 0. The highest BCUT2D eigenvalue weighted by Crippen LogP contribution is 2.26. The number of benzene rings is 1. The molecule has 1 aromatic carbocycles. The molecule has 2 aromatic rings. The van der Waals surface area contributed by atoms with E-state index in [1.54, 1.807) is 21.0 Å². The van der Waals surface area contributed by atoms with Gasteiger partial charge in [-0.1, -0.05) is 12.1 Å². The minimum atomic E-state index is -0.435. The Morgan fingerprint density at radius 3 is 2.18 bits per heavy atom. The average molecular weight is 386 g/mol. The molecule has 1 heterocycles. The zero-order chi connectivity index (χ0) is 21.2. The van der Waals surface area contributed by atoms with Crippen LogP contribution in [0.2, 0.25) is 0 Å². The van der Waals surface area contributed by atoms with Crippen molar-refractivity contribution in [3.63, 3.8) is 0 Å². The first-order valence-corrected chi connectivity index (χ1v) is 9.28. The number of aromatic amines is 1. The predicted octanol–water partition coefficient (Wildman–Crippen LogP) is 3.75. The van der Waals surface area contributed by atoms with Crippen LogP contribution in [0.3, 0.4) is 0 Å². The van der Waals surface area contributed by atoms with Gasteiger partial charge in [0, 0.05) is 12.2 Å². The second-order valence-corrected chi connectivity index (χ2v) is 7.33. The van der Waals surface area contributed by atoms with Crippen molar-refractivity contribution in [1.82, 2.24) is 9.88 Å². The molecule has 0 spiro atoms. The Morgan fingerprint density at radius 2 is 1.68 bits per heavy atom. The Kier molecular flexibility index (Phi) is 6.67. The molecule has 0 saturated carbocycles. The van der Waals surface area contributed by atoms with Crippen LogP contribution in [0.5, 0.6) is 5.75 Å². The molecule has 6 nitrogen and oxygen atoms in total. The number of aryl methyl sites for hydroxylation is 3. The number of Topliss-reactive ketones (excluding diaryl/α,β-unsaturated/α-hetero) is 1. The van der Waals surface area contributed by atoms with E-state index in [2.05, 4.69) is 17.1 Å². The summed E-state index contributed by atoms with van der Waals surface area (Å²) in [6, 6.07) is 3.81. The number of hydrogen-bond acceptors (Lipinski definition) is 5. The standard InChI is InChI=1S/C22H30N2O4/c1-12-9-17(10-13(2)21(12)27-7)11-24(6)16(5)20(25)19-14(3)18(15(4)23-19)22(26)28-8/h9-10,16,23H,11H2,1-8H3. The monoisotopic (exact) mass is 386 g/mol. The molecule has 2 rings (SSSR count). The SMILES string of the molecule is COC(=O)c1c(C)[nH]c(C(=O)C(C)N(C)Cc2cc(C)c(OC)c(C)c2)c1C. The molecule has 0 fully saturated rings. The lowest BCUT2D eigenvalue weighted by atomic mass is 10.0. The van der Waals surface area contributed by atoms with Gasteiger partial charge in [0.1, 0.15) is 5.75 Å². The topological polar surface area (TPSA) is 71.6 Å². The van der Waals surface area contributed by atoms with Gasteiger partial charge in [0.2, 0.25) is 0 Å². The highest BCUT2D eigenvalue weighted by molar-refractivity contribution is 6.03. The van der Waals surface area contributed by atoms with Crippen LogP contribution in [0.1, 0.15) is 55.7 Å². The molecule has 1 aromatic heterocycles. The maximum atomic E-state index is 13.1. The first-order valence-electron chi connectivity index (χ1n) is 9.28. The number of rotatable bonds is 7. The molecule has 0 aliphatic heterocycles. The highest BCUT2D eigenvalue weighted by Gasteiger charge is 2.27. The number of ether oxygens (including phenoxy) is 2. The number of nitrogens with zero attached hydrogens (tertiary/aromatic N) is 1. The minimum Gasteiger partial charge on any atom is -0.496 e. The second kappa shape index (κ2) is 8.61. The van der Waals surface area contributed by atoms with Gasteiger partial charge in [0.25, 0.3) is 0 Å². The lowest BCUT2D eigenvalue weighted by molar-refractivity contribution is 0.0599. The highest BCUT2D eigenvalue weighted by atomic mass is 16.5. The zero-order valence-electron chi connectivity index (χ0n) is 18.0. The molecule has 1 unspecified atom stereocenters. The molecule has 28 heavy (non-hydrogen) atoms. The summed E-state index contributed by atoms with van der Waals surface area (Å²) < 4.78 is 10.3. The average Bonchev–Trinajstić information content (AvgIpc) is 2.93. The molecule has 0 bridgehead atoms. The summed E-state index contributed by atoms with van der Waals surface area (Å²) in [5.74, 6) is 0.402. The predicted molar refractivity (Wildman–Crippen MR) is 109 cm³/mol. The van der Waals surface area contributed by atoms with Gasteiger partial charge in [-0.3, -0.25) is 9.69 Å². The van der Waals surface area contributed by atoms with Crippen molar-refractivity contribution in [2.75, 3.05) is 21.3 Å². The van der Waals surface area contributed by atoms with Crippen LogP contribution in [-0.2, 0) is 11.3 Å². The van der Waals surface area contributed by atoms with Crippen LogP contribution in [0.25, 0.3) is 0 Å². The largest absolute Gasteiger partial charge is 0.496 e. The van der Waals surface area contributed by atoms with Crippen molar-refractivity contribution in [3.05, 3.63) is 51.3 Å². The first-order chi connectivity index (χ1) is 13.1. The van der Waals surface area contributed by atoms with Gasteiger partial charge < -0.3 is 14.5 Å². The summed E-state index contributed by atoms with van der Waals surface area (Å²) in [6.07, 6.45) is 0. The van der Waals surface area contributed by atoms with Crippen molar-refractivity contribution in [1.29, 1.82) is 0 Å². The molecule has 0 saturated heterocycles. The van der Waals surface area contributed by atoms with E-state index in [0.717, 1.165) is 22.4 Å². The molecule has 1 N–H and O–H groups in total. The summed E-state index contributed by atoms with van der Waals surface area (Å²) in [5, 5.41) is 0. The molecule has 0 radical (unpaired) electrons. The lowest BCUT2D eigenvalue weighted by Gasteiger charge is -2.24. The Morgan fingerprint density at radius 1 is 1.11 bits per heavy atom. The summed E-state index contributed by atoms with van der Waals surface area (Å²) in [4.78, 5) is 30.1. The maximum Gasteiger partial charge on any atom is 0.339 e. The smallest absolute Gasteiger partial charge is 0.339 e. The van der Waals surface area contributed by atoms with Gasteiger partial charge in [-0.15, -0.1) is 0 Å². The summed E-state index contributed by atoms with van der Waals surface area (Å²) in [7, 11) is 4.93. The third kappa shape index (κ3) is 4.12. The Bertz CT molecular complexity index is 875. The van der Waals surface area contributed by atoms with Crippen LogP contribution < -0.4 is 4.74 Å². The third-order valence-corrected chi connectivity index (χ3v) is 5.27. The normalized spacial score (nSPS) is 12.2.